The molecule has 0 spiro atoms. The molecule has 1 aromatic carbocycles. The first-order valence-corrected chi connectivity index (χ1v) is 10.3. The van der Waals surface area contributed by atoms with Crippen molar-refractivity contribution in [3.8, 4) is 11.3 Å². The summed E-state index contributed by atoms with van der Waals surface area (Å²) >= 11 is 0.753. The van der Waals surface area contributed by atoms with Crippen molar-refractivity contribution >= 4 is 40.9 Å². The fraction of sp³-hybridized carbons (Fsp3) is 0.238. The van der Waals surface area contributed by atoms with E-state index in [0.717, 1.165) is 16.7 Å². The molecule has 0 aliphatic carbocycles. The molecule has 0 saturated carbocycles. The Bertz CT molecular complexity index is 1070. The zero-order chi connectivity index (χ0) is 22.0. The molecule has 1 aromatic heterocycles. The maximum absolute atomic E-state index is 12.6. The van der Waals surface area contributed by atoms with Crippen molar-refractivity contribution in [3.63, 3.8) is 0 Å². The lowest BCUT2D eigenvalue weighted by Crippen LogP contribution is -2.46. The van der Waals surface area contributed by atoms with Gasteiger partial charge in [-0.05, 0) is 36.0 Å². The van der Waals surface area contributed by atoms with Crippen LogP contribution >= 0.6 is 11.8 Å². The van der Waals surface area contributed by atoms with Crippen LogP contribution in [0.15, 0.2) is 45.7 Å². The van der Waals surface area contributed by atoms with Crippen molar-refractivity contribution in [1.29, 1.82) is 0 Å². The predicted molar refractivity (Wildman–Crippen MR) is 111 cm³/mol. The number of amides is 3. The molecule has 9 nitrogen and oxygen atoms in total. The van der Waals surface area contributed by atoms with Crippen LogP contribution < -0.4 is 0 Å². The van der Waals surface area contributed by atoms with Crippen molar-refractivity contribution in [2.24, 2.45) is 0 Å². The van der Waals surface area contributed by atoms with Crippen LogP contribution in [0, 0.1) is 0 Å². The highest BCUT2D eigenvalue weighted by Gasteiger charge is 2.37. The number of rotatable bonds is 5. The van der Waals surface area contributed by atoms with E-state index in [-0.39, 0.29) is 22.9 Å². The summed E-state index contributed by atoms with van der Waals surface area (Å²) in [6.45, 7) is 1.45. The second-order valence-corrected chi connectivity index (χ2v) is 7.84. The number of ether oxygens (including phenoxy) is 1. The van der Waals surface area contributed by atoms with E-state index in [4.69, 9.17) is 14.3 Å². The van der Waals surface area contributed by atoms with Gasteiger partial charge in [-0.15, -0.1) is 0 Å². The summed E-state index contributed by atoms with van der Waals surface area (Å²) in [5.74, 6) is -1.00. The first-order valence-electron chi connectivity index (χ1n) is 9.47. The first-order chi connectivity index (χ1) is 14.9. The number of hydrogen-bond acceptors (Lipinski definition) is 7. The lowest BCUT2D eigenvalue weighted by molar-refractivity contribution is -0.139. The third kappa shape index (κ3) is 4.54. The second-order valence-electron chi connectivity index (χ2n) is 6.85. The predicted octanol–water partition coefficient (Wildman–Crippen LogP) is 2.54. The van der Waals surface area contributed by atoms with Gasteiger partial charge in [-0.1, -0.05) is 12.1 Å². The average Bonchev–Trinajstić information content (AvgIpc) is 3.35. The number of aromatic carboxylic acids is 1. The number of thioether (sulfide) groups is 1. The number of carbonyl (C=O) groups is 4. The summed E-state index contributed by atoms with van der Waals surface area (Å²) in [5, 5.41) is 8.47. The van der Waals surface area contributed by atoms with Gasteiger partial charge in [0, 0.05) is 24.7 Å². The second kappa shape index (κ2) is 8.78. The summed E-state index contributed by atoms with van der Waals surface area (Å²) in [7, 11) is 0. The molecule has 0 bridgehead atoms. The Morgan fingerprint density at radius 3 is 2.45 bits per heavy atom. The molecule has 3 amide bonds. The number of hydrogen-bond donors (Lipinski definition) is 1. The van der Waals surface area contributed by atoms with Crippen molar-refractivity contribution in [2.75, 3.05) is 32.8 Å². The van der Waals surface area contributed by atoms with Crippen LogP contribution in [0.2, 0.25) is 0 Å². The van der Waals surface area contributed by atoms with Crippen LogP contribution in [0.3, 0.4) is 0 Å². The van der Waals surface area contributed by atoms with Gasteiger partial charge in [0.25, 0.3) is 11.1 Å². The molecule has 0 unspecified atom stereocenters. The van der Waals surface area contributed by atoms with Gasteiger partial charge in [-0.25, -0.2) is 4.79 Å². The van der Waals surface area contributed by atoms with Crippen molar-refractivity contribution in [3.05, 3.63) is 52.6 Å². The minimum atomic E-state index is -1.02. The smallest absolute Gasteiger partial charge is 0.335 e. The third-order valence-electron chi connectivity index (χ3n) is 4.85. The van der Waals surface area contributed by atoms with E-state index < -0.39 is 17.1 Å². The average molecular weight is 442 g/mol. The molecule has 0 radical (unpaired) electrons. The number of furan rings is 1. The highest BCUT2D eigenvalue weighted by molar-refractivity contribution is 8.18. The fourth-order valence-electron chi connectivity index (χ4n) is 3.18. The maximum atomic E-state index is 12.6. The van der Waals surface area contributed by atoms with E-state index in [1.54, 1.807) is 29.2 Å². The molecule has 2 aliphatic rings. The molecule has 2 aromatic rings. The maximum Gasteiger partial charge on any atom is 0.335 e. The van der Waals surface area contributed by atoms with E-state index in [1.165, 1.54) is 18.2 Å². The quantitative estimate of drug-likeness (QED) is 0.702. The number of imide groups is 1. The van der Waals surface area contributed by atoms with Gasteiger partial charge in [0.1, 0.15) is 18.1 Å². The van der Waals surface area contributed by atoms with E-state index in [1.807, 2.05) is 0 Å². The number of carbonyl (C=O) groups excluding carboxylic acids is 3. The Hall–Kier alpha value is -3.37. The molecule has 3 heterocycles. The van der Waals surface area contributed by atoms with Crippen molar-refractivity contribution in [1.82, 2.24) is 9.80 Å². The topological polar surface area (TPSA) is 117 Å². The molecule has 31 heavy (non-hydrogen) atoms. The number of benzene rings is 1. The normalized spacial score (nSPS) is 18.1. The van der Waals surface area contributed by atoms with E-state index in [2.05, 4.69) is 0 Å². The summed E-state index contributed by atoms with van der Waals surface area (Å²) in [6, 6.07) is 9.52. The molecule has 1 N–H and O–H groups in total. The minimum Gasteiger partial charge on any atom is -0.478 e. The molecule has 10 heteroatoms. The van der Waals surface area contributed by atoms with Crippen LogP contribution in [0.1, 0.15) is 16.1 Å². The minimum absolute atomic E-state index is 0.163. The third-order valence-corrected chi connectivity index (χ3v) is 5.75. The summed E-state index contributed by atoms with van der Waals surface area (Å²) in [4.78, 5) is 50.9. The lowest BCUT2D eigenvalue weighted by Gasteiger charge is -2.27. The van der Waals surface area contributed by atoms with Crippen LogP contribution in [0.5, 0.6) is 0 Å². The zero-order valence-electron chi connectivity index (χ0n) is 16.3. The van der Waals surface area contributed by atoms with Crippen LogP contribution in [-0.4, -0.2) is 70.8 Å². The van der Waals surface area contributed by atoms with Gasteiger partial charge in [0.05, 0.1) is 23.7 Å². The van der Waals surface area contributed by atoms with Crippen LogP contribution in [-0.2, 0) is 14.3 Å². The van der Waals surface area contributed by atoms with Crippen LogP contribution in [0.4, 0.5) is 4.79 Å². The Morgan fingerprint density at radius 2 is 1.77 bits per heavy atom. The van der Waals surface area contributed by atoms with Crippen molar-refractivity contribution in [2.45, 2.75) is 0 Å². The lowest BCUT2D eigenvalue weighted by atomic mass is 10.1. The largest absolute Gasteiger partial charge is 0.478 e. The van der Waals surface area contributed by atoms with Crippen molar-refractivity contribution < 1.29 is 33.4 Å². The molecule has 2 fully saturated rings. The van der Waals surface area contributed by atoms with E-state index in [0.29, 0.717) is 43.4 Å². The highest BCUT2D eigenvalue weighted by atomic mass is 32.2. The Morgan fingerprint density at radius 1 is 1.06 bits per heavy atom. The Balaban J connectivity index is 1.45. The molecule has 0 atom stereocenters. The standard InChI is InChI=1S/C21H18N2O7S/c24-18(22-7-9-29-10-8-22)12-23-19(25)17(31-21(23)28)11-15-5-6-16(30-15)13-1-3-14(4-2-13)20(26)27/h1-6,11H,7-10,12H2,(H,26,27)/b17-11-. The van der Waals surface area contributed by atoms with Gasteiger partial charge in [0.2, 0.25) is 5.91 Å². The first kappa shape index (κ1) is 20.9. The number of morpholine rings is 1. The Labute approximate surface area is 181 Å². The van der Waals surface area contributed by atoms with Gasteiger partial charge in [0.15, 0.2) is 0 Å². The molecule has 2 aliphatic heterocycles. The summed E-state index contributed by atoms with van der Waals surface area (Å²) in [6.07, 6.45) is 1.46. The van der Waals surface area contributed by atoms with Gasteiger partial charge in [-0.3, -0.25) is 19.3 Å². The fourth-order valence-corrected chi connectivity index (χ4v) is 3.99. The monoisotopic (exact) mass is 442 g/mol. The summed E-state index contributed by atoms with van der Waals surface area (Å²) < 4.78 is 10.9. The molecular formula is C21H18N2O7S. The van der Waals surface area contributed by atoms with E-state index in [9.17, 15) is 19.2 Å². The number of nitrogens with zero attached hydrogens (tertiary/aromatic N) is 2. The number of carboxylic acids is 1. The molecule has 2 saturated heterocycles. The molecular weight excluding hydrogens is 424 g/mol. The van der Waals surface area contributed by atoms with Gasteiger partial charge in [-0.2, -0.15) is 0 Å². The molecule has 160 valence electrons. The molecule has 4 rings (SSSR count). The highest BCUT2D eigenvalue weighted by Crippen LogP contribution is 2.33. The SMILES string of the molecule is O=C(O)c1ccc(-c2ccc(/C=C3\SC(=O)N(CC(=O)N4CCOCC4)C3=O)o2)cc1. The van der Waals surface area contributed by atoms with Gasteiger partial charge >= 0.3 is 5.97 Å². The number of carboxylic acid groups (broad SMARTS) is 1. The van der Waals surface area contributed by atoms with Gasteiger partial charge < -0.3 is 19.2 Å². The van der Waals surface area contributed by atoms with Crippen LogP contribution in [0.25, 0.3) is 17.4 Å². The Kier molecular flexibility index (Phi) is 5.92. The van der Waals surface area contributed by atoms with E-state index >= 15 is 0 Å². The zero-order valence-corrected chi connectivity index (χ0v) is 17.1. The summed E-state index contributed by atoms with van der Waals surface area (Å²) in [5.41, 5.74) is 0.838.